The van der Waals surface area contributed by atoms with Crippen molar-refractivity contribution in [2.75, 3.05) is 11.9 Å². The first-order valence-electron chi connectivity index (χ1n) is 8.44. The van der Waals surface area contributed by atoms with Crippen LogP contribution in [0.5, 0.6) is 5.75 Å². The number of aromatic nitrogens is 2. The molecule has 0 radical (unpaired) electrons. The van der Waals surface area contributed by atoms with Crippen LogP contribution in [0.4, 0.5) is 10.2 Å². The Labute approximate surface area is 140 Å². The number of nitrogens with one attached hydrogen (secondary N) is 1. The molecule has 0 atom stereocenters. The van der Waals surface area contributed by atoms with Crippen molar-refractivity contribution < 1.29 is 13.9 Å². The van der Waals surface area contributed by atoms with E-state index < -0.39 is 0 Å². The van der Waals surface area contributed by atoms with E-state index in [0.29, 0.717) is 11.8 Å². The first kappa shape index (κ1) is 16.5. The highest BCUT2D eigenvalue weighted by Gasteiger charge is 2.19. The normalized spacial score (nSPS) is 15.2. The zero-order valence-electron chi connectivity index (χ0n) is 13.6. The second-order valence-corrected chi connectivity index (χ2v) is 6.05. The molecule has 1 N–H and O–H groups in total. The van der Waals surface area contributed by atoms with Crippen LogP contribution < -0.4 is 10.1 Å². The van der Waals surface area contributed by atoms with E-state index in [4.69, 9.17) is 4.74 Å². The zero-order chi connectivity index (χ0) is 16.8. The van der Waals surface area contributed by atoms with Gasteiger partial charge < -0.3 is 10.1 Å². The van der Waals surface area contributed by atoms with Gasteiger partial charge in [0.2, 0.25) is 5.91 Å². The van der Waals surface area contributed by atoms with Gasteiger partial charge in [0.05, 0.1) is 25.3 Å². The van der Waals surface area contributed by atoms with E-state index >= 15 is 0 Å². The minimum Gasteiger partial charge on any atom is -0.493 e. The van der Waals surface area contributed by atoms with Crippen LogP contribution >= 0.6 is 0 Å². The third-order valence-electron chi connectivity index (χ3n) is 4.27. The van der Waals surface area contributed by atoms with E-state index in [-0.39, 0.29) is 24.8 Å². The summed E-state index contributed by atoms with van der Waals surface area (Å²) < 4.78 is 20.2. The number of anilines is 1. The van der Waals surface area contributed by atoms with Gasteiger partial charge >= 0.3 is 0 Å². The Morgan fingerprint density at radius 3 is 2.71 bits per heavy atom. The Balaban J connectivity index is 1.48. The zero-order valence-corrected chi connectivity index (χ0v) is 13.6. The van der Waals surface area contributed by atoms with Gasteiger partial charge in [-0.3, -0.25) is 4.79 Å². The lowest BCUT2D eigenvalue weighted by Crippen LogP contribution is -2.21. The summed E-state index contributed by atoms with van der Waals surface area (Å²) in [7, 11) is 0. The maximum absolute atomic E-state index is 12.8. The van der Waals surface area contributed by atoms with Gasteiger partial charge in [-0.05, 0) is 37.1 Å². The van der Waals surface area contributed by atoms with Gasteiger partial charge in [-0.2, -0.15) is 5.10 Å². The van der Waals surface area contributed by atoms with Crippen molar-refractivity contribution in [3.63, 3.8) is 0 Å². The number of rotatable bonds is 6. The molecule has 5 nitrogen and oxygen atoms in total. The average Bonchev–Trinajstić information content (AvgIpc) is 3.05. The van der Waals surface area contributed by atoms with Crippen molar-refractivity contribution in [2.24, 2.45) is 0 Å². The summed E-state index contributed by atoms with van der Waals surface area (Å²) in [5, 5.41) is 7.27. The summed E-state index contributed by atoms with van der Waals surface area (Å²) >= 11 is 0. The summed E-state index contributed by atoms with van der Waals surface area (Å²) in [6.45, 7) is 0.245. The number of carbonyl (C=O) groups is 1. The summed E-state index contributed by atoms with van der Waals surface area (Å²) in [6.07, 6.45) is 7.87. The van der Waals surface area contributed by atoms with Gasteiger partial charge in [0.1, 0.15) is 17.4 Å². The number of carbonyl (C=O) groups excluding carboxylic acids is 1. The minimum absolute atomic E-state index is 0.116. The highest BCUT2D eigenvalue weighted by molar-refractivity contribution is 5.89. The molecule has 1 aromatic heterocycles. The van der Waals surface area contributed by atoms with Crippen molar-refractivity contribution in [1.29, 1.82) is 0 Å². The van der Waals surface area contributed by atoms with E-state index in [0.717, 1.165) is 18.7 Å². The van der Waals surface area contributed by atoms with Gasteiger partial charge in [-0.25, -0.2) is 9.07 Å². The Bertz CT molecular complexity index is 663. The van der Waals surface area contributed by atoms with Crippen LogP contribution in [0.15, 0.2) is 36.5 Å². The largest absolute Gasteiger partial charge is 0.493 e. The molecular formula is C18H22FN3O2. The van der Waals surface area contributed by atoms with Crippen molar-refractivity contribution in [1.82, 2.24) is 9.78 Å². The van der Waals surface area contributed by atoms with Gasteiger partial charge in [-0.1, -0.05) is 19.3 Å². The lowest BCUT2D eigenvalue weighted by molar-refractivity contribution is -0.116. The minimum atomic E-state index is -0.309. The Morgan fingerprint density at radius 1 is 1.21 bits per heavy atom. The lowest BCUT2D eigenvalue weighted by atomic mass is 9.96. The summed E-state index contributed by atoms with van der Waals surface area (Å²) in [5.74, 6) is 0.871. The molecule has 0 spiro atoms. The van der Waals surface area contributed by atoms with E-state index in [9.17, 15) is 9.18 Å². The third-order valence-corrected chi connectivity index (χ3v) is 4.27. The second kappa shape index (κ2) is 7.95. The number of ether oxygens (including phenoxy) is 1. The molecule has 1 heterocycles. The van der Waals surface area contributed by atoms with Crippen molar-refractivity contribution in [3.05, 3.63) is 42.3 Å². The fourth-order valence-corrected chi connectivity index (χ4v) is 3.03. The maximum Gasteiger partial charge on any atom is 0.228 e. The third kappa shape index (κ3) is 4.34. The quantitative estimate of drug-likeness (QED) is 0.872. The highest BCUT2D eigenvalue weighted by Crippen LogP contribution is 2.29. The molecule has 0 unspecified atom stereocenters. The molecule has 1 aliphatic rings. The van der Waals surface area contributed by atoms with Gasteiger partial charge in [0, 0.05) is 6.07 Å². The number of benzene rings is 1. The molecule has 24 heavy (non-hydrogen) atoms. The molecule has 0 aliphatic heterocycles. The molecular weight excluding hydrogens is 309 g/mol. The lowest BCUT2D eigenvalue weighted by Gasteiger charge is -2.23. The molecule has 1 amide bonds. The predicted octanol–water partition coefficient (Wildman–Crippen LogP) is 3.94. The van der Waals surface area contributed by atoms with Crippen LogP contribution in [0.2, 0.25) is 0 Å². The topological polar surface area (TPSA) is 56.1 Å². The number of hydrogen-bond donors (Lipinski definition) is 1. The van der Waals surface area contributed by atoms with Crippen LogP contribution in [-0.4, -0.2) is 22.3 Å². The summed E-state index contributed by atoms with van der Waals surface area (Å²) in [4.78, 5) is 12.1. The van der Waals surface area contributed by atoms with Gasteiger partial charge in [-0.15, -0.1) is 0 Å². The smallest absolute Gasteiger partial charge is 0.228 e. The van der Waals surface area contributed by atoms with Gasteiger partial charge in [0.15, 0.2) is 0 Å². The Hall–Kier alpha value is -2.37. The molecule has 6 heteroatoms. The van der Waals surface area contributed by atoms with Crippen molar-refractivity contribution >= 4 is 11.7 Å². The summed E-state index contributed by atoms with van der Waals surface area (Å²) in [6, 6.07) is 7.96. The number of hydrogen-bond acceptors (Lipinski definition) is 3. The molecule has 1 saturated carbocycles. The van der Waals surface area contributed by atoms with Crippen molar-refractivity contribution in [2.45, 2.75) is 44.6 Å². The monoisotopic (exact) mass is 331 g/mol. The molecule has 0 bridgehead atoms. The SMILES string of the molecule is O=C(CCOc1ccc(F)cc1)Nc1ccnn1C1CCCCC1. The highest BCUT2D eigenvalue weighted by atomic mass is 19.1. The van der Waals surface area contributed by atoms with Crippen LogP contribution in [0, 0.1) is 5.82 Å². The Morgan fingerprint density at radius 2 is 1.96 bits per heavy atom. The summed E-state index contributed by atoms with van der Waals surface area (Å²) in [5.41, 5.74) is 0. The fourth-order valence-electron chi connectivity index (χ4n) is 3.03. The molecule has 3 rings (SSSR count). The number of halogens is 1. The molecule has 1 aliphatic carbocycles. The molecule has 128 valence electrons. The molecule has 0 saturated heterocycles. The van der Waals surface area contributed by atoms with E-state index in [1.165, 1.54) is 31.4 Å². The average molecular weight is 331 g/mol. The second-order valence-electron chi connectivity index (χ2n) is 6.05. The Kier molecular flexibility index (Phi) is 5.46. The van der Waals surface area contributed by atoms with E-state index in [1.807, 2.05) is 10.7 Å². The fraction of sp³-hybridized carbons (Fsp3) is 0.444. The molecule has 1 aromatic carbocycles. The van der Waals surface area contributed by atoms with Crippen LogP contribution in [0.3, 0.4) is 0 Å². The van der Waals surface area contributed by atoms with E-state index in [1.54, 1.807) is 18.3 Å². The van der Waals surface area contributed by atoms with Gasteiger partial charge in [0.25, 0.3) is 0 Å². The number of nitrogens with zero attached hydrogens (tertiary/aromatic N) is 2. The number of amides is 1. The van der Waals surface area contributed by atoms with Crippen LogP contribution in [-0.2, 0) is 4.79 Å². The maximum atomic E-state index is 12.8. The van der Waals surface area contributed by atoms with Crippen molar-refractivity contribution in [3.8, 4) is 5.75 Å². The predicted molar refractivity (Wildman–Crippen MR) is 89.5 cm³/mol. The first-order valence-corrected chi connectivity index (χ1v) is 8.44. The first-order chi connectivity index (χ1) is 11.7. The molecule has 1 fully saturated rings. The molecule has 2 aromatic rings. The van der Waals surface area contributed by atoms with Crippen LogP contribution in [0.1, 0.15) is 44.6 Å². The van der Waals surface area contributed by atoms with Crippen LogP contribution in [0.25, 0.3) is 0 Å². The standard InChI is InChI=1S/C18H22FN3O2/c19-14-6-8-16(9-7-14)24-13-11-18(23)21-17-10-12-20-22(17)15-4-2-1-3-5-15/h6-10,12,15H,1-5,11,13H2,(H,21,23). The van der Waals surface area contributed by atoms with E-state index in [2.05, 4.69) is 10.4 Å².